The third-order valence-electron chi connectivity index (χ3n) is 6.85. The summed E-state index contributed by atoms with van der Waals surface area (Å²) in [5, 5.41) is 6.61. The van der Waals surface area contributed by atoms with Crippen LogP contribution in [0.25, 0.3) is 0 Å². The van der Waals surface area contributed by atoms with Crippen molar-refractivity contribution in [1.29, 1.82) is 0 Å². The topological polar surface area (TPSA) is 90.7 Å². The van der Waals surface area contributed by atoms with Crippen molar-refractivity contribution in [3.8, 4) is 0 Å². The van der Waals surface area contributed by atoms with Crippen molar-refractivity contribution in [1.82, 2.24) is 25.2 Å². The van der Waals surface area contributed by atoms with E-state index in [2.05, 4.69) is 49.2 Å². The summed E-state index contributed by atoms with van der Waals surface area (Å²) in [5.74, 6) is 1.38. The SMILES string of the molecule is C=Nc1cncc(C2CC2)c1C(=NCc1ccnc(Nc2ncc(Cl)cc2F)c1)N(C)C1CCNCC1. The Morgan fingerprint density at radius 2 is 2.00 bits per heavy atom. The highest BCUT2D eigenvalue weighted by Crippen LogP contribution is 2.44. The zero-order chi connectivity index (χ0) is 25.8. The van der Waals surface area contributed by atoms with Gasteiger partial charge in [-0.15, -0.1) is 0 Å². The van der Waals surface area contributed by atoms with E-state index in [4.69, 9.17) is 16.6 Å². The largest absolute Gasteiger partial charge is 0.356 e. The summed E-state index contributed by atoms with van der Waals surface area (Å²) in [6, 6.07) is 5.34. The van der Waals surface area contributed by atoms with Crippen molar-refractivity contribution in [2.45, 2.75) is 44.2 Å². The number of rotatable bonds is 8. The summed E-state index contributed by atoms with van der Waals surface area (Å²) in [4.78, 5) is 24.5. The van der Waals surface area contributed by atoms with Crippen LogP contribution in [-0.4, -0.2) is 58.6 Å². The standard InChI is InChI=1S/C27H30ClFN8/c1-30-23-16-32-15-21(18-3-4-18)25(23)27(37(2)20-6-8-31-9-7-20)35-13-17-5-10-33-24(11-17)36-26-22(29)12-19(28)14-34-26/h5,10-12,14-16,18,20,31H,1,3-4,6-9,13H2,2H3,(H,33,34,36). The molecule has 0 amide bonds. The zero-order valence-corrected chi connectivity index (χ0v) is 21.5. The molecule has 0 bridgehead atoms. The third kappa shape index (κ3) is 5.94. The minimum Gasteiger partial charge on any atom is -0.356 e. The first-order valence-electron chi connectivity index (χ1n) is 12.5. The number of anilines is 2. The number of aromatic nitrogens is 3. The predicted octanol–water partition coefficient (Wildman–Crippen LogP) is 5.25. The maximum Gasteiger partial charge on any atom is 0.167 e. The van der Waals surface area contributed by atoms with Gasteiger partial charge in [0, 0.05) is 37.2 Å². The Balaban J connectivity index is 1.47. The van der Waals surface area contributed by atoms with E-state index in [1.807, 2.05) is 18.3 Å². The molecule has 1 saturated carbocycles. The number of halogens is 2. The molecule has 3 aromatic rings. The van der Waals surface area contributed by atoms with Crippen LogP contribution >= 0.6 is 11.6 Å². The van der Waals surface area contributed by atoms with E-state index in [0.29, 0.717) is 24.3 Å². The van der Waals surface area contributed by atoms with Crippen molar-refractivity contribution in [3.63, 3.8) is 0 Å². The van der Waals surface area contributed by atoms with Crippen LogP contribution in [0.5, 0.6) is 0 Å². The Labute approximate surface area is 221 Å². The zero-order valence-electron chi connectivity index (χ0n) is 20.8. The summed E-state index contributed by atoms with van der Waals surface area (Å²) in [5.41, 5.74) is 3.89. The Morgan fingerprint density at radius 3 is 2.73 bits per heavy atom. The summed E-state index contributed by atoms with van der Waals surface area (Å²) < 4.78 is 14.2. The van der Waals surface area contributed by atoms with Gasteiger partial charge in [-0.25, -0.2) is 14.4 Å². The molecule has 4 heterocycles. The fraction of sp³-hybridized carbons (Fsp3) is 0.370. The minimum atomic E-state index is -0.543. The van der Waals surface area contributed by atoms with Gasteiger partial charge >= 0.3 is 0 Å². The Morgan fingerprint density at radius 1 is 1.19 bits per heavy atom. The van der Waals surface area contributed by atoms with Crippen LogP contribution in [0.2, 0.25) is 5.02 Å². The number of nitrogens with zero attached hydrogens (tertiary/aromatic N) is 6. The van der Waals surface area contributed by atoms with E-state index in [9.17, 15) is 4.39 Å². The van der Waals surface area contributed by atoms with Gasteiger partial charge in [0.05, 0.1) is 23.5 Å². The first-order chi connectivity index (χ1) is 18.0. The molecular weight excluding hydrogens is 491 g/mol. The number of nitrogens with one attached hydrogen (secondary N) is 2. The first-order valence-corrected chi connectivity index (χ1v) is 12.9. The number of aliphatic imine (C=N–C) groups is 2. The second kappa shape index (κ2) is 11.3. The molecule has 0 radical (unpaired) electrons. The average Bonchev–Trinajstić information content (AvgIpc) is 3.77. The normalized spacial score (nSPS) is 16.5. The summed E-state index contributed by atoms with van der Waals surface area (Å²) in [6.45, 7) is 6.20. The van der Waals surface area contributed by atoms with E-state index < -0.39 is 5.82 Å². The van der Waals surface area contributed by atoms with Crippen LogP contribution in [0, 0.1) is 5.82 Å². The lowest BCUT2D eigenvalue weighted by Crippen LogP contribution is -2.44. The maximum absolute atomic E-state index is 14.2. The van der Waals surface area contributed by atoms with Crippen LogP contribution in [0.4, 0.5) is 21.7 Å². The fourth-order valence-corrected chi connectivity index (χ4v) is 4.85. The lowest BCUT2D eigenvalue weighted by molar-refractivity contribution is 0.289. The van der Waals surface area contributed by atoms with Crippen molar-refractivity contribution in [2.24, 2.45) is 9.98 Å². The van der Waals surface area contributed by atoms with E-state index in [-0.39, 0.29) is 10.8 Å². The maximum atomic E-state index is 14.2. The van der Waals surface area contributed by atoms with Gasteiger partial charge in [0.25, 0.3) is 0 Å². The molecule has 10 heteroatoms. The summed E-state index contributed by atoms with van der Waals surface area (Å²) >= 11 is 5.82. The van der Waals surface area contributed by atoms with Gasteiger partial charge in [-0.05, 0) is 80.7 Å². The third-order valence-corrected chi connectivity index (χ3v) is 7.05. The van der Waals surface area contributed by atoms with Crippen molar-refractivity contribution in [2.75, 3.05) is 25.5 Å². The van der Waals surface area contributed by atoms with E-state index in [1.54, 1.807) is 12.4 Å². The first kappa shape index (κ1) is 25.2. The highest BCUT2D eigenvalue weighted by Gasteiger charge is 2.32. The smallest absolute Gasteiger partial charge is 0.167 e. The van der Waals surface area contributed by atoms with Crippen LogP contribution in [0.3, 0.4) is 0 Å². The molecule has 2 aliphatic rings. The van der Waals surface area contributed by atoms with Gasteiger partial charge in [-0.2, -0.15) is 0 Å². The predicted molar refractivity (Wildman–Crippen MR) is 146 cm³/mol. The number of hydrogen-bond acceptors (Lipinski definition) is 7. The second-order valence-corrected chi connectivity index (χ2v) is 9.88. The fourth-order valence-electron chi connectivity index (χ4n) is 4.70. The van der Waals surface area contributed by atoms with Crippen LogP contribution in [0.1, 0.15) is 48.3 Å². The monoisotopic (exact) mass is 520 g/mol. The molecule has 192 valence electrons. The highest BCUT2D eigenvalue weighted by molar-refractivity contribution is 6.30. The molecule has 0 aromatic carbocycles. The van der Waals surface area contributed by atoms with Crippen LogP contribution < -0.4 is 10.6 Å². The van der Waals surface area contributed by atoms with Crippen LogP contribution in [0.15, 0.2) is 53.0 Å². The van der Waals surface area contributed by atoms with Gasteiger partial charge in [0.2, 0.25) is 0 Å². The quantitative estimate of drug-likeness (QED) is 0.311. The number of piperidine rings is 1. The van der Waals surface area contributed by atoms with Crippen molar-refractivity contribution < 1.29 is 4.39 Å². The molecule has 1 saturated heterocycles. The summed E-state index contributed by atoms with van der Waals surface area (Å²) in [7, 11) is 2.12. The van der Waals surface area contributed by atoms with E-state index >= 15 is 0 Å². The minimum absolute atomic E-state index is 0.0661. The van der Waals surface area contributed by atoms with Gasteiger partial charge in [-0.1, -0.05) is 11.6 Å². The summed E-state index contributed by atoms with van der Waals surface area (Å²) in [6.07, 6.45) is 11.2. The van der Waals surface area contributed by atoms with Crippen molar-refractivity contribution in [3.05, 3.63) is 70.5 Å². The molecule has 8 nitrogen and oxygen atoms in total. The average molecular weight is 521 g/mol. The van der Waals surface area contributed by atoms with Crippen molar-refractivity contribution >= 4 is 41.5 Å². The lowest BCUT2D eigenvalue weighted by atomic mass is 9.99. The second-order valence-electron chi connectivity index (χ2n) is 9.45. The van der Waals surface area contributed by atoms with E-state index in [0.717, 1.165) is 61.4 Å². The molecule has 37 heavy (non-hydrogen) atoms. The number of pyridine rings is 3. The van der Waals surface area contributed by atoms with Gasteiger partial charge in [-0.3, -0.25) is 15.0 Å². The molecule has 2 N–H and O–H groups in total. The molecule has 0 spiro atoms. The molecule has 0 atom stereocenters. The lowest BCUT2D eigenvalue weighted by Gasteiger charge is -2.35. The molecule has 0 unspecified atom stereocenters. The molecule has 5 rings (SSSR count). The molecular formula is C27H30ClFN8. The van der Waals surface area contributed by atoms with Gasteiger partial charge in [0.15, 0.2) is 11.6 Å². The Hall–Kier alpha value is -3.43. The van der Waals surface area contributed by atoms with Crippen LogP contribution in [-0.2, 0) is 6.54 Å². The van der Waals surface area contributed by atoms with Gasteiger partial charge in [0.1, 0.15) is 11.7 Å². The molecule has 1 aliphatic carbocycles. The van der Waals surface area contributed by atoms with E-state index in [1.165, 1.54) is 17.8 Å². The number of amidine groups is 1. The number of hydrogen-bond donors (Lipinski definition) is 2. The Kier molecular flexibility index (Phi) is 7.71. The molecule has 1 aliphatic heterocycles. The molecule has 3 aromatic heterocycles. The Bertz CT molecular complexity index is 1300. The van der Waals surface area contributed by atoms with Gasteiger partial charge < -0.3 is 15.5 Å². The highest BCUT2D eigenvalue weighted by atomic mass is 35.5. The molecule has 2 fully saturated rings.